The van der Waals surface area contributed by atoms with Crippen molar-refractivity contribution in [2.45, 2.75) is 32.0 Å². The topological polar surface area (TPSA) is 39.5 Å². The molecule has 0 radical (unpaired) electrons. The van der Waals surface area contributed by atoms with Crippen LogP contribution in [0.3, 0.4) is 0 Å². The second-order valence-electron chi connectivity index (χ2n) is 6.93. The molecule has 2 aliphatic heterocycles. The van der Waals surface area contributed by atoms with Crippen LogP contribution in [0.15, 0.2) is 36.7 Å². The molecule has 2 aliphatic rings. The summed E-state index contributed by atoms with van der Waals surface area (Å²) in [6, 6.07) is 7.18. The van der Waals surface area contributed by atoms with E-state index < -0.39 is 5.82 Å². The molecular weight excluding hydrogens is 321 g/mol. The largest absolute Gasteiger partial charge is 0.469 e. The Balaban J connectivity index is 1.49. The van der Waals surface area contributed by atoms with E-state index >= 15 is 0 Å². The van der Waals surface area contributed by atoms with Gasteiger partial charge in [-0.1, -0.05) is 0 Å². The van der Waals surface area contributed by atoms with E-state index in [0.29, 0.717) is 12.5 Å². The van der Waals surface area contributed by atoms with Gasteiger partial charge in [0.25, 0.3) is 5.88 Å². The molecule has 6 heteroatoms. The maximum absolute atomic E-state index is 13.9. The summed E-state index contributed by atoms with van der Waals surface area (Å²) in [6.07, 6.45) is 5.72. The molecule has 1 atom stereocenters. The van der Waals surface area contributed by atoms with Gasteiger partial charge in [0.1, 0.15) is 6.10 Å². The van der Waals surface area contributed by atoms with Crippen LogP contribution in [0, 0.1) is 11.7 Å². The summed E-state index contributed by atoms with van der Waals surface area (Å²) >= 11 is 0. The molecule has 1 fully saturated rings. The van der Waals surface area contributed by atoms with Crippen LogP contribution in [0.1, 0.15) is 18.5 Å². The van der Waals surface area contributed by atoms with Crippen molar-refractivity contribution in [2.75, 3.05) is 26.3 Å². The van der Waals surface area contributed by atoms with Crippen LogP contribution in [0.5, 0.6) is 5.88 Å². The minimum absolute atomic E-state index is 0.0918. The molecule has 134 valence electrons. The molecule has 0 aromatic carbocycles. The summed E-state index contributed by atoms with van der Waals surface area (Å²) in [4.78, 5) is 6.48. The highest BCUT2D eigenvalue weighted by Crippen LogP contribution is 2.22. The second kappa shape index (κ2) is 7.54. The lowest BCUT2D eigenvalue weighted by Crippen LogP contribution is -2.38. The average molecular weight is 345 g/mol. The van der Waals surface area contributed by atoms with Crippen molar-refractivity contribution in [3.63, 3.8) is 0 Å². The third-order valence-corrected chi connectivity index (χ3v) is 5.03. The van der Waals surface area contributed by atoms with Crippen molar-refractivity contribution in [3.05, 3.63) is 48.2 Å². The van der Waals surface area contributed by atoms with Crippen LogP contribution in [0.4, 0.5) is 4.39 Å². The zero-order valence-electron chi connectivity index (χ0n) is 14.3. The van der Waals surface area contributed by atoms with Gasteiger partial charge in [0.05, 0.1) is 6.54 Å². The molecule has 5 nitrogen and oxygen atoms in total. The molecule has 1 saturated heterocycles. The van der Waals surface area contributed by atoms with Gasteiger partial charge in [0.2, 0.25) is 0 Å². The van der Waals surface area contributed by atoms with Gasteiger partial charge < -0.3 is 14.0 Å². The fraction of sp³-hybridized carbons (Fsp3) is 0.526. The zero-order valence-corrected chi connectivity index (χ0v) is 14.3. The highest BCUT2D eigenvalue weighted by atomic mass is 19.1. The summed E-state index contributed by atoms with van der Waals surface area (Å²) in [6.45, 7) is 5.12. The fourth-order valence-corrected chi connectivity index (χ4v) is 3.75. The molecule has 0 aliphatic carbocycles. The predicted octanol–water partition coefficient (Wildman–Crippen LogP) is 2.71. The van der Waals surface area contributed by atoms with Gasteiger partial charge >= 0.3 is 0 Å². The fourth-order valence-electron chi connectivity index (χ4n) is 3.75. The lowest BCUT2D eigenvalue weighted by Gasteiger charge is -2.30. The van der Waals surface area contributed by atoms with E-state index in [-0.39, 0.29) is 12.0 Å². The molecule has 0 N–H and O–H groups in total. The van der Waals surface area contributed by atoms with Crippen LogP contribution >= 0.6 is 0 Å². The van der Waals surface area contributed by atoms with Crippen LogP contribution in [-0.4, -0.2) is 46.9 Å². The molecule has 0 spiro atoms. The predicted molar refractivity (Wildman–Crippen MR) is 91.9 cm³/mol. The van der Waals surface area contributed by atoms with Gasteiger partial charge in [-0.2, -0.15) is 0 Å². The molecule has 4 rings (SSSR count). The molecular formula is C19H24FN3O2. The lowest BCUT2D eigenvalue weighted by molar-refractivity contribution is 0.0434. The van der Waals surface area contributed by atoms with Gasteiger partial charge in [-0.05, 0) is 43.0 Å². The number of hydrogen-bond donors (Lipinski definition) is 0. The van der Waals surface area contributed by atoms with Crippen LogP contribution in [0.2, 0.25) is 0 Å². The molecule has 2 aromatic heterocycles. The summed E-state index contributed by atoms with van der Waals surface area (Å²) in [7, 11) is 0. The molecule has 4 heterocycles. The Morgan fingerprint density at radius 1 is 1.20 bits per heavy atom. The summed E-state index contributed by atoms with van der Waals surface area (Å²) in [5.41, 5.74) is 1.28. The number of pyridine rings is 1. The number of ether oxygens (including phenoxy) is 2. The highest BCUT2D eigenvalue weighted by molar-refractivity contribution is 5.14. The minimum atomic E-state index is -0.407. The van der Waals surface area contributed by atoms with Gasteiger partial charge in [-0.15, -0.1) is 0 Å². The molecule has 0 bridgehead atoms. The van der Waals surface area contributed by atoms with E-state index in [1.54, 1.807) is 12.3 Å². The van der Waals surface area contributed by atoms with Crippen molar-refractivity contribution in [3.8, 4) is 5.88 Å². The van der Waals surface area contributed by atoms with Crippen molar-refractivity contribution < 1.29 is 13.9 Å². The Morgan fingerprint density at radius 3 is 2.92 bits per heavy atom. The van der Waals surface area contributed by atoms with Gasteiger partial charge in [-0.25, -0.2) is 9.37 Å². The third-order valence-electron chi connectivity index (χ3n) is 5.03. The Morgan fingerprint density at radius 2 is 2.08 bits per heavy atom. The van der Waals surface area contributed by atoms with Crippen molar-refractivity contribution >= 4 is 0 Å². The first-order valence-corrected chi connectivity index (χ1v) is 8.99. The molecule has 25 heavy (non-hydrogen) atoms. The first-order valence-electron chi connectivity index (χ1n) is 8.99. The first-order chi connectivity index (χ1) is 12.3. The molecule has 0 unspecified atom stereocenters. The van der Waals surface area contributed by atoms with Crippen LogP contribution in [0.25, 0.3) is 0 Å². The van der Waals surface area contributed by atoms with Crippen molar-refractivity contribution in [1.29, 1.82) is 0 Å². The van der Waals surface area contributed by atoms with Gasteiger partial charge in [0.15, 0.2) is 5.82 Å². The summed E-state index contributed by atoms with van der Waals surface area (Å²) in [5.74, 6) is 0.340. The number of nitrogens with zero attached hydrogens (tertiary/aromatic N) is 3. The zero-order chi connectivity index (χ0) is 17.1. The number of fused-ring (bicyclic) bond motifs is 1. The van der Waals surface area contributed by atoms with E-state index in [9.17, 15) is 4.39 Å². The Hall–Kier alpha value is -1.92. The van der Waals surface area contributed by atoms with E-state index in [1.165, 1.54) is 11.8 Å². The Labute approximate surface area is 147 Å². The number of halogens is 1. The van der Waals surface area contributed by atoms with E-state index in [2.05, 4.69) is 32.8 Å². The molecule has 2 aromatic rings. The van der Waals surface area contributed by atoms with Gasteiger partial charge in [-0.3, -0.25) is 4.90 Å². The first kappa shape index (κ1) is 16.5. The van der Waals surface area contributed by atoms with Crippen LogP contribution < -0.4 is 4.74 Å². The minimum Gasteiger partial charge on any atom is -0.469 e. The summed E-state index contributed by atoms with van der Waals surface area (Å²) < 4.78 is 27.5. The second-order valence-corrected chi connectivity index (χ2v) is 6.93. The standard InChI is InChI=1S/C19H24FN3O2/c20-18-4-1-7-21-19(18)25-17-13-22(11-15-5-9-24-10-6-15)12-16-3-2-8-23(16)14-17/h1-4,7-8,15,17H,5-6,9-14H2/t17-/m0/s1. The Bertz CT molecular complexity index is 699. The smallest absolute Gasteiger partial charge is 0.250 e. The Kier molecular flexibility index (Phi) is 4.99. The van der Waals surface area contributed by atoms with Crippen molar-refractivity contribution in [1.82, 2.24) is 14.5 Å². The molecule has 0 saturated carbocycles. The van der Waals surface area contributed by atoms with Crippen molar-refractivity contribution in [2.24, 2.45) is 5.92 Å². The van der Waals surface area contributed by atoms with E-state index in [1.807, 2.05) is 0 Å². The molecule has 0 amide bonds. The lowest BCUT2D eigenvalue weighted by atomic mass is 9.99. The van der Waals surface area contributed by atoms with E-state index in [4.69, 9.17) is 9.47 Å². The maximum Gasteiger partial charge on any atom is 0.250 e. The number of rotatable bonds is 4. The monoisotopic (exact) mass is 345 g/mol. The quantitative estimate of drug-likeness (QED) is 0.854. The summed E-state index contributed by atoms with van der Waals surface area (Å²) in [5, 5.41) is 0. The maximum atomic E-state index is 13.9. The van der Waals surface area contributed by atoms with E-state index in [0.717, 1.165) is 45.7 Å². The SMILES string of the molecule is Fc1cccnc1O[C@H]1CN(CC2CCOCC2)Cc2cccn2C1. The van der Waals surface area contributed by atoms with Crippen LogP contribution in [-0.2, 0) is 17.8 Å². The normalized spacial score (nSPS) is 22.4. The van der Waals surface area contributed by atoms with Gasteiger partial charge in [0, 0.05) is 50.9 Å². The number of aromatic nitrogens is 2. The average Bonchev–Trinajstić information content (AvgIpc) is 2.98. The number of hydrogen-bond acceptors (Lipinski definition) is 4. The highest BCUT2D eigenvalue weighted by Gasteiger charge is 2.26. The third kappa shape index (κ3) is 4.02.